The second-order valence-corrected chi connectivity index (χ2v) is 2.73. The Morgan fingerprint density at radius 2 is 1.91 bits per heavy atom. The fourth-order valence-electron chi connectivity index (χ4n) is 0.791. The van der Waals surface area contributed by atoms with Gasteiger partial charge in [0.15, 0.2) is 0 Å². The minimum Gasteiger partial charge on any atom is -0.492 e. The minimum atomic E-state index is 0.536. The van der Waals surface area contributed by atoms with Crippen molar-refractivity contribution in [2.45, 2.75) is 6.92 Å². The molecule has 0 bridgehead atoms. The topological polar surface area (TPSA) is 9.23 Å². The number of halogens is 1. The van der Waals surface area contributed by atoms with E-state index in [9.17, 15) is 0 Å². The van der Waals surface area contributed by atoms with Crippen LogP contribution in [0.1, 0.15) is 5.56 Å². The maximum atomic E-state index is 5.46. The quantitative estimate of drug-likeness (QED) is 0.634. The van der Waals surface area contributed by atoms with Gasteiger partial charge in [0.2, 0.25) is 0 Å². The van der Waals surface area contributed by atoms with E-state index in [1.54, 1.807) is 0 Å². The Morgan fingerprint density at radius 1 is 1.27 bits per heavy atom. The number of rotatable bonds is 3. The summed E-state index contributed by atoms with van der Waals surface area (Å²) >= 11 is 5.46. The van der Waals surface area contributed by atoms with Gasteiger partial charge in [-0.05, 0) is 19.1 Å². The van der Waals surface area contributed by atoms with Crippen molar-refractivity contribution in [1.29, 1.82) is 0 Å². The molecular weight excluding hydrogens is 160 g/mol. The largest absolute Gasteiger partial charge is 0.492 e. The van der Waals surface area contributed by atoms with Crippen molar-refractivity contribution in [2.24, 2.45) is 0 Å². The van der Waals surface area contributed by atoms with Gasteiger partial charge >= 0.3 is 0 Å². The van der Waals surface area contributed by atoms with E-state index in [4.69, 9.17) is 16.3 Å². The molecule has 11 heavy (non-hydrogen) atoms. The van der Waals surface area contributed by atoms with Gasteiger partial charge in [-0.15, -0.1) is 11.6 Å². The van der Waals surface area contributed by atoms with E-state index in [1.807, 2.05) is 31.2 Å². The van der Waals surface area contributed by atoms with Gasteiger partial charge in [0, 0.05) is 0 Å². The molecule has 0 N–H and O–H groups in total. The van der Waals surface area contributed by atoms with E-state index in [2.05, 4.69) is 0 Å². The third-order valence-corrected chi connectivity index (χ3v) is 1.52. The summed E-state index contributed by atoms with van der Waals surface area (Å²) in [5.74, 6) is 1.42. The van der Waals surface area contributed by atoms with Crippen molar-refractivity contribution in [1.82, 2.24) is 0 Å². The van der Waals surface area contributed by atoms with Crippen molar-refractivity contribution >= 4 is 11.6 Å². The molecule has 0 atom stereocenters. The highest BCUT2D eigenvalue weighted by molar-refractivity contribution is 6.17. The molecule has 0 aliphatic heterocycles. The lowest BCUT2D eigenvalue weighted by molar-refractivity contribution is 0.342. The Hall–Kier alpha value is -0.690. The first-order valence-electron chi connectivity index (χ1n) is 3.58. The van der Waals surface area contributed by atoms with Gasteiger partial charge < -0.3 is 4.74 Å². The second kappa shape index (κ2) is 4.24. The van der Waals surface area contributed by atoms with Crippen molar-refractivity contribution in [3.8, 4) is 5.75 Å². The summed E-state index contributed by atoms with van der Waals surface area (Å²) < 4.78 is 5.28. The van der Waals surface area contributed by atoms with Crippen LogP contribution >= 0.6 is 11.6 Å². The number of ether oxygens (including phenoxy) is 1. The van der Waals surface area contributed by atoms with Crippen molar-refractivity contribution < 1.29 is 4.74 Å². The molecule has 1 aromatic rings. The minimum absolute atomic E-state index is 0.536. The molecular formula is C9H11ClO. The van der Waals surface area contributed by atoms with Crippen molar-refractivity contribution in [3.63, 3.8) is 0 Å². The number of aryl methyl sites for hydroxylation is 1. The SMILES string of the molecule is Cc1ccc(OCCCl)cc1. The molecule has 0 aliphatic rings. The molecule has 0 spiro atoms. The summed E-state index contributed by atoms with van der Waals surface area (Å²) in [7, 11) is 0. The van der Waals surface area contributed by atoms with E-state index in [0.29, 0.717) is 12.5 Å². The molecule has 60 valence electrons. The lowest BCUT2D eigenvalue weighted by Crippen LogP contribution is -1.97. The first-order valence-corrected chi connectivity index (χ1v) is 4.12. The summed E-state index contributed by atoms with van der Waals surface area (Å²) in [5, 5.41) is 0. The van der Waals surface area contributed by atoms with Crippen LogP contribution in [0.4, 0.5) is 0 Å². The Kier molecular flexibility index (Phi) is 3.24. The summed E-state index contributed by atoms with van der Waals surface area (Å²) in [5.41, 5.74) is 1.24. The molecule has 0 radical (unpaired) electrons. The molecule has 0 aromatic heterocycles. The Balaban J connectivity index is 2.52. The van der Waals surface area contributed by atoms with Crippen LogP contribution in [0, 0.1) is 6.92 Å². The molecule has 0 saturated carbocycles. The zero-order chi connectivity index (χ0) is 8.10. The average Bonchev–Trinajstić information content (AvgIpc) is 2.04. The van der Waals surface area contributed by atoms with Crippen molar-refractivity contribution in [2.75, 3.05) is 12.5 Å². The molecule has 0 aliphatic carbocycles. The van der Waals surface area contributed by atoms with Crippen LogP contribution in [0.25, 0.3) is 0 Å². The Labute approximate surface area is 71.9 Å². The molecule has 2 heteroatoms. The second-order valence-electron chi connectivity index (χ2n) is 2.35. The fourth-order valence-corrected chi connectivity index (χ4v) is 0.868. The fraction of sp³-hybridized carbons (Fsp3) is 0.333. The predicted molar refractivity (Wildman–Crippen MR) is 47.4 cm³/mol. The highest BCUT2D eigenvalue weighted by Crippen LogP contribution is 2.10. The van der Waals surface area contributed by atoms with Gasteiger partial charge in [0.25, 0.3) is 0 Å². The third-order valence-electron chi connectivity index (χ3n) is 1.37. The monoisotopic (exact) mass is 170 g/mol. The van der Waals surface area contributed by atoms with Crippen LogP contribution in [0.5, 0.6) is 5.75 Å². The first-order chi connectivity index (χ1) is 5.33. The van der Waals surface area contributed by atoms with E-state index >= 15 is 0 Å². The van der Waals surface area contributed by atoms with Crippen LogP contribution in [0.2, 0.25) is 0 Å². The maximum Gasteiger partial charge on any atom is 0.119 e. The number of hydrogen-bond acceptors (Lipinski definition) is 1. The predicted octanol–water partition coefficient (Wildman–Crippen LogP) is 2.61. The normalized spacial score (nSPS) is 9.64. The third kappa shape index (κ3) is 2.81. The zero-order valence-corrected chi connectivity index (χ0v) is 7.27. The summed E-state index contributed by atoms with van der Waals surface area (Å²) in [4.78, 5) is 0. The van der Waals surface area contributed by atoms with Gasteiger partial charge in [-0.25, -0.2) is 0 Å². The van der Waals surface area contributed by atoms with Crippen LogP contribution < -0.4 is 4.74 Å². The van der Waals surface area contributed by atoms with Gasteiger partial charge in [0.05, 0.1) is 5.88 Å². The molecule has 1 aromatic carbocycles. The summed E-state index contributed by atoms with van der Waals surface area (Å²) in [6.45, 7) is 2.62. The number of benzene rings is 1. The molecule has 0 saturated heterocycles. The average molecular weight is 171 g/mol. The van der Waals surface area contributed by atoms with Crippen molar-refractivity contribution in [3.05, 3.63) is 29.8 Å². The van der Waals surface area contributed by atoms with Gasteiger partial charge in [0.1, 0.15) is 12.4 Å². The van der Waals surface area contributed by atoms with Gasteiger partial charge in [-0.3, -0.25) is 0 Å². The van der Waals surface area contributed by atoms with E-state index in [0.717, 1.165) is 5.75 Å². The first kappa shape index (κ1) is 8.41. The van der Waals surface area contributed by atoms with E-state index < -0.39 is 0 Å². The molecule has 0 amide bonds. The highest BCUT2D eigenvalue weighted by atomic mass is 35.5. The molecule has 0 fully saturated rings. The Morgan fingerprint density at radius 3 is 2.45 bits per heavy atom. The van der Waals surface area contributed by atoms with Crippen LogP contribution in [-0.4, -0.2) is 12.5 Å². The van der Waals surface area contributed by atoms with Gasteiger partial charge in [-0.1, -0.05) is 17.7 Å². The lowest BCUT2D eigenvalue weighted by Gasteiger charge is -2.02. The van der Waals surface area contributed by atoms with Crippen LogP contribution in [-0.2, 0) is 0 Å². The summed E-state index contributed by atoms with van der Waals surface area (Å²) in [6, 6.07) is 7.93. The van der Waals surface area contributed by atoms with Crippen LogP contribution in [0.15, 0.2) is 24.3 Å². The van der Waals surface area contributed by atoms with Gasteiger partial charge in [-0.2, -0.15) is 0 Å². The number of alkyl halides is 1. The molecule has 0 unspecified atom stereocenters. The van der Waals surface area contributed by atoms with E-state index in [-0.39, 0.29) is 0 Å². The maximum absolute atomic E-state index is 5.46. The smallest absolute Gasteiger partial charge is 0.119 e. The summed E-state index contributed by atoms with van der Waals surface area (Å²) in [6.07, 6.45) is 0. The Bertz CT molecular complexity index is 205. The standard InChI is InChI=1S/C9H11ClO/c1-8-2-4-9(5-3-8)11-7-6-10/h2-5H,6-7H2,1H3. The molecule has 1 rings (SSSR count). The number of hydrogen-bond donors (Lipinski definition) is 0. The lowest BCUT2D eigenvalue weighted by atomic mass is 10.2. The highest BCUT2D eigenvalue weighted by Gasteiger charge is 1.90. The zero-order valence-electron chi connectivity index (χ0n) is 6.51. The van der Waals surface area contributed by atoms with E-state index in [1.165, 1.54) is 5.56 Å². The molecule has 0 heterocycles. The van der Waals surface area contributed by atoms with Crippen LogP contribution in [0.3, 0.4) is 0 Å². The molecule has 1 nitrogen and oxygen atoms in total.